The summed E-state index contributed by atoms with van der Waals surface area (Å²) in [4.78, 5) is 28.8. The van der Waals surface area contributed by atoms with Gasteiger partial charge in [0.05, 0.1) is 17.7 Å². The summed E-state index contributed by atoms with van der Waals surface area (Å²) in [5.41, 5.74) is 2.08. The number of hydrogen-bond donors (Lipinski definition) is 1. The molecule has 0 heterocycles. The number of amides is 2. The number of sulfonamides is 1. The molecule has 2 amide bonds. The number of anilines is 1. The Morgan fingerprint density at radius 1 is 1.00 bits per heavy atom. The van der Waals surface area contributed by atoms with Gasteiger partial charge in [-0.2, -0.15) is 0 Å². The van der Waals surface area contributed by atoms with Crippen LogP contribution >= 0.6 is 11.6 Å². The number of hydrogen-bond acceptors (Lipinski definition) is 5. The van der Waals surface area contributed by atoms with Crippen LogP contribution in [0.5, 0.6) is 5.75 Å². The van der Waals surface area contributed by atoms with E-state index in [0.29, 0.717) is 23.7 Å². The molecule has 0 fully saturated rings. The second-order valence-corrected chi connectivity index (χ2v) is 12.0. The van der Waals surface area contributed by atoms with E-state index < -0.39 is 28.5 Å². The summed E-state index contributed by atoms with van der Waals surface area (Å²) in [5, 5.41) is 3.25. The summed E-state index contributed by atoms with van der Waals surface area (Å²) in [6.45, 7) is 5.94. The van der Waals surface area contributed by atoms with Crippen molar-refractivity contribution in [3.8, 4) is 5.75 Å². The maximum Gasteiger partial charge on any atom is 0.264 e. The third kappa shape index (κ3) is 8.47. The summed E-state index contributed by atoms with van der Waals surface area (Å²) in [5.74, 6) is -0.283. The molecule has 1 N–H and O–H groups in total. The van der Waals surface area contributed by atoms with Gasteiger partial charge in [-0.1, -0.05) is 67.8 Å². The molecular formula is C31H38ClN3O5S. The number of rotatable bonds is 14. The molecular weight excluding hydrogens is 562 g/mol. The fourth-order valence-electron chi connectivity index (χ4n) is 4.47. The normalized spacial score (nSPS) is 11.9. The minimum Gasteiger partial charge on any atom is -0.497 e. The molecule has 3 aromatic carbocycles. The van der Waals surface area contributed by atoms with Crippen LogP contribution in [0.2, 0.25) is 5.02 Å². The standard InChI is InChI=1S/C31H38ClN3O5S/c1-5-7-18-33-31(37)29(6-2)34(21-24-11-8-10-23(3)19-24)30(36)22-35(26-13-9-12-25(32)20-26)41(38,39)28-16-14-27(40-4)15-17-28/h8-17,19-20,29H,5-7,18,21-22H2,1-4H3,(H,33,37)/t29-/m1/s1. The number of nitrogens with one attached hydrogen (secondary N) is 1. The fourth-order valence-corrected chi connectivity index (χ4v) is 6.06. The molecule has 0 aromatic heterocycles. The molecule has 0 spiro atoms. The minimum absolute atomic E-state index is 0.0133. The molecule has 0 saturated carbocycles. The highest BCUT2D eigenvalue weighted by atomic mass is 35.5. The Balaban J connectivity index is 2.04. The predicted octanol–water partition coefficient (Wildman–Crippen LogP) is 5.58. The monoisotopic (exact) mass is 599 g/mol. The van der Waals surface area contributed by atoms with Gasteiger partial charge < -0.3 is 15.0 Å². The van der Waals surface area contributed by atoms with Crippen molar-refractivity contribution < 1.29 is 22.7 Å². The molecule has 220 valence electrons. The highest BCUT2D eigenvalue weighted by Gasteiger charge is 2.33. The number of nitrogens with zero attached hydrogens (tertiary/aromatic N) is 2. The number of carbonyl (C=O) groups excluding carboxylic acids is 2. The molecule has 0 aliphatic heterocycles. The van der Waals surface area contributed by atoms with E-state index in [1.165, 1.54) is 30.2 Å². The predicted molar refractivity (Wildman–Crippen MR) is 163 cm³/mol. The Labute approximate surface area is 248 Å². The molecule has 0 bridgehead atoms. The van der Waals surface area contributed by atoms with Crippen molar-refractivity contribution in [3.63, 3.8) is 0 Å². The average Bonchev–Trinajstić information content (AvgIpc) is 2.95. The molecule has 0 radical (unpaired) electrons. The second kappa shape index (κ2) is 14.9. The number of benzene rings is 3. The molecule has 0 unspecified atom stereocenters. The zero-order valence-corrected chi connectivity index (χ0v) is 25.5. The Hall–Kier alpha value is -3.56. The molecule has 3 rings (SSSR count). The third-order valence-corrected chi connectivity index (χ3v) is 8.70. The van der Waals surface area contributed by atoms with Crippen LogP contribution in [0.25, 0.3) is 0 Å². The SMILES string of the molecule is CCCCNC(=O)[C@@H](CC)N(Cc1cccc(C)c1)C(=O)CN(c1cccc(Cl)c1)S(=O)(=O)c1ccc(OC)cc1. The number of halogens is 1. The third-order valence-electron chi connectivity index (χ3n) is 6.67. The maximum absolute atomic E-state index is 14.1. The second-order valence-electron chi connectivity index (χ2n) is 9.75. The quantitative estimate of drug-likeness (QED) is 0.244. The van der Waals surface area contributed by atoms with Crippen molar-refractivity contribution in [2.24, 2.45) is 0 Å². The van der Waals surface area contributed by atoms with Gasteiger partial charge in [0, 0.05) is 18.1 Å². The molecule has 8 nitrogen and oxygen atoms in total. The summed E-state index contributed by atoms with van der Waals surface area (Å²) in [6, 6.07) is 19.2. The number of aryl methyl sites for hydroxylation is 1. The summed E-state index contributed by atoms with van der Waals surface area (Å²) in [6.07, 6.45) is 2.09. The van der Waals surface area contributed by atoms with Gasteiger partial charge in [-0.3, -0.25) is 13.9 Å². The van der Waals surface area contributed by atoms with E-state index in [2.05, 4.69) is 5.32 Å². The number of unbranched alkanes of at least 4 members (excludes halogenated alkanes) is 1. The molecule has 1 atom stereocenters. The van der Waals surface area contributed by atoms with E-state index in [-0.39, 0.29) is 23.0 Å². The van der Waals surface area contributed by atoms with E-state index in [4.69, 9.17) is 16.3 Å². The van der Waals surface area contributed by atoms with Gasteiger partial charge >= 0.3 is 0 Å². The smallest absolute Gasteiger partial charge is 0.264 e. The van der Waals surface area contributed by atoms with Crippen molar-refractivity contribution in [2.45, 2.75) is 57.5 Å². The van der Waals surface area contributed by atoms with Crippen molar-refractivity contribution in [1.29, 1.82) is 0 Å². The van der Waals surface area contributed by atoms with Crippen LogP contribution in [-0.2, 0) is 26.2 Å². The lowest BCUT2D eigenvalue weighted by molar-refractivity contribution is -0.140. The van der Waals surface area contributed by atoms with E-state index in [1.54, 1.807) is 30.3 Å². The topological polar surface area (TPSA) is 96.0 Å². The highest BCUT2D eigenvalue weighted by molar-refractivity contribution is 7.92. The minimum atomic E-state index is -4.20. The van der Waals surface area contributed by atoms with Crippen molar-refractivity contribution in [1.82, 2.24) is 10.2 Å². The van der Waals surface area contributed by atoms with Crippen molar-refractivity contribution in [2.75, 3.05) is 24.5 Å². The molecule has 41 heavy (non-hydrogen) atoms. The van der Waals surface area contributed by atoms with Crippen LogP contribution in [0.3, 0.4) is 0 Å². The van der Waals surface area contributed by atoms with Gasteiger partial charge in [-0.15, -0.1) is 0 Å². The number of carbonyl (C=O) groups is 2. The molecule has 3 aromatic rings. The summed E-state index contributed by atoms with van der Waals surface area (Å²) >= 11 is 6.23. The number of methoxy groups -OCH3 is 1. The molecule has 0 saturated heterocycles. The Morgan fingerprint density at radius 2 is 1.71 bits per heavy atom. The van der Waals surface area contributed by atoms with Crippen LogP contribution in [-0.4, -0.2) is 51.4 Å². The van der Waals surface area contributed by atoms with Crippen LogP contribution in [0, 0.1) is 6.92 Å². The zero-order chi connectivity index (χ0) is 30.0. The van der Waals surface area contributed by atoms with Gasteiger partial charge in [0.1, 0.15) is 18.3 Å². The van der Waals surface area contributed by atoms with Gasteiger partial charge in [0.2, 0.25) is 11.8 Å². The molecule has 10 heteroatoms. The van der Waals surface area contributed by atoms with Gasteiger partial charge in [0.25, 0.3) is 10.0 Å². The van der Waals surface area contributed by atoms with E-state index in [9.17, 15) is 18.0 Å². The van der Waals surface area contributed by atoms with Gasteiger partial charge in [0.15, 0.2) is 0 Å². The van der Waals surface area contributed by atoms with Crippen LogP contribution < -0.4 is 14.4 Å². The van der Waals surface area contributed by atoms with E-state index >= 15 is 0 Å². The van der Waals surface area contributed by atoms with Crippen molar-refractivity contribution >= 4 is 39.1 Å². The lowest BCUT2D eigenvalue weighted by atomic mass is 10.1. The van der Waals surface area contributed by atoms with Gasteiger partial charge in [-0.05, 0) is 67.8 Å². The lowest BCUT2D eigenvalue weighted by Gasteiger charge is -2.33. The molecule has 0 aliphatic carbocycles. The molecule has 0 aliphatic rings. The van der Waals surface area contributed by atoms with E-state index in [0.717, 1.165) is 28.3 Å². The summed E-state index contributed by atoms with van der Waals surface area (Å²) < 4.78 is 34.1. The average molecular weight is 600 g/mol. The number of ether oxygens (including phenoxy) is 1. The highest BCUT2D eigenvalue weighted by Crippen LogP contribution is 2.28. The Morgan fingerprint density at radius 3 is 2.32 bits per heavy atom. The van der Waals surface area contributed by atoms with Gasteiger partial charge in [-0.25, -0.2) is 8.42 Å². The Kier molecular flexibility index (Phi) is 11.6. The van der Waals surface area contributed by atoms with Crippen LogP contribution in [0.1, 0.15) is 44.2 Å². The largest absolute Gasteiger partial charge is 0.497 e. The van der Waals surface area contributed by atoms with E-state index in [1.807, 2.05) is 45.0 Å². The Bertz CT molecular complexity index is 1430. The fraction of sp³-hybridized carbons (Fsp3) is 0.355. The van der Waals surface area contributed by atoms with Crippen LogP contribution in [0.4, 0.5) is 5.69 Å². The first-order chi connectivity index (χ1) is 19.6. The first-order valence-corrected chi connectivity index (χ1v) is 15.5. The first kappa shape index (κ1) is 32.0. The first-order valence-electron chi connectivity index (χ1n) is 13.7. The zero-order valence-electron chi connectivity index (χ0n) is 24.0. The van der Waals surface area contributed by atoms with Crippen LogP contribution in [0.15, 0.2) is 77.7 Å². The summed E-state index contributed by atoms with van der Waals surface area (Å²) in [7, 11) is -2.71. The lowest BCUT2D eigenvalue weighted by Crippen LogP contribution is -2.52. The van der Waals surface area contributed by atoms with Crippen molar-refractivity contribution in [3.05, 3.63) is 88.9 Å². The maximum atomic E-state index is 14.1.